The minimum atomic E-state index is 0. The Morgan fingerprint density at radius 1 is 0.630 bits per heavy atom. The molecule has 6 rings (SSSR count). The van der Waals surface area contributed by atoms with Gasteiger partial charge in [0.1, 0.15) is 46.5 Å². The summed E-state index contributed by atoms with van der Waals surface area (Å²) in [6.45, 7) is 0. The van der Waals surface area contributed by atoms with Crippen LogP contribution in [0, 0.1) is 0 Å². The van der Waals surface area contributed by atoms with E-state index < -0.39 is 0 Å². The molecule has 4 aromatic carbocycles. The van der Waals surface area contributed by atoms with Crippen LogP contribution < -0.4 is 49.8 Å². The van der Waals surface area contributed by atoms with E-state index in [0.29, 0.717) is 11.6 Å². The van der Waals surface area contributed by atoms with Gasteiger partial charge in [-0.15, -0.1) is 0 Å². The Hall–Kier alpha value is -5.33. The molecule has 0 spiro atoms. The predicted molar refractivity (Wildman–Crippen MR) is 210 cm³/mol. The highest BCUT2D eigenvalue weighted by Crippen LogP contribution is 2.31. The molecule has 14 heteroatoms. The topological polar surface area (TPSA) is 145 Å². The van der Waals surface area contributed by atoms with E-state index in [2.05, 4.69) is 25.7 Å². The summed E-state index contributed by atoms with van der Waals surface area (Å²) in [6, 6.07) is 30.1. The van der Waals surface area contributed by atoms with Crippen molar-refractivity contribution in [2.24, 2.45) is 0 Å². The van der Waals surface area contributed by atoms with Crippen LogP contribution >= 0.6 is 11.6 Å². The maximum absolute atomic E-state index is 10.1. The summed E-state index contributed by atoms with van der Waals surface area (Å²) >= 11 is 5.80. The summed E-state index contributed by atoms with van der Waals surface area (Å²) in [5.41, 5.74) is 11.4. The first-order chi connectivity index (χ1) is 24.5. The average molecular weight is 796 g/mol. The Labute approximate surface area is 335 Å². The van der Waals surface area contributed by atoms with Crippen LogP contribution in [0.5, 0.6) is 23.0 Å². The number of quaternary nitrogens is 1. The zero-order valence-electron chi connectivity index (χ0n) is 30.3. The average Bonchev–Trinajstić information content (AvgIpc) is 3.12. The minimum absolute atomic E-state index is 0. The molecule has 0 saturated carbocycles. The molecule has 0 aliphatic rings. The Bertz CT molecular complexity index is 2050. The van der Waals surface area contributed by atoms with Gasteiger partial charge in [-0.3, -0.25) is 0 Å². The number of nitrogens with zero attached hydrogens (tertiary/aromatic N) is 6. The van der Waals surface area contributed by atoms with Crippen LogP contribution in [0.1, 0.15) is 18.7 Å². The molecule has 0 radical (unpaired) electrons. The highest BCUT2D eigenvalue weighted by molar-refractivity contribution is 6.29. The van der Waals surface area contributed by atoms with Crippen molar-refractivity contribution >= 4 is 28.7 Å². The lowest BCUT2D eigenvalue weighted by Crippen LogP contribution is -3.00. The number of aromatic hydroxyl groups is 2. The third-order valence-corrected chi connectivity index (χ3v) is 7.76. The summed E-state index contributed by atoms with van der Waals surface area (Å²) in [4.78, 5) is 20.4. The molecular weight excluding hydrogens is 749 g/mol. The first kappa shape index (κ1) is 46.7. The van der Waals surface area contributed by atoms with Crippen molar-refractivity contribution in [1.29, 1.82) is 0 Å². The molecule has 0 atom stereocenters. The smallest absolute Gasteiger partial charge is 0.144 e. The van der Waals surface area contributed by atoms with Gasteiger partial charge in [0, 0.05) is 69.6 Å². The summed E-state index contributed by atoms with van der Waals surface area (Å²) in [5, 5.41) is 20.0. The number of ether oxygens (including phenoxy) is 2. The number of anilines is 2. The van der Waals surface area contributed by atoms with Gasteiger partial charge in [0.05, 0.1) is 37.0 Å². The van der Waals surface area contributed by atoms with Gasteiger partial charge in [0.25, 0.3) is 0 Å². The fourth-order valence-electron chi connectivity index (χ4n) is 5.05. The second-order valence-electron chi connectivity index (χ2n) is 11.6. The number of rotatable bonds is 8. The summed E-state index contributed by atoms with van der Waals surface area (Å²) in [7, 11) is 10.9. The van der Waals surface area contributed by atoms with E-state index in [9.17, 15) is 10.2 Å². The van der Waals surface area contributed by atoms with Crippen molar-refractivity contribution in [3.63, 3.8) is 0 Å². The number of methoxy groups -OCH3 is 2. The molecular formula is C40H47Cl3N7O4-. The second kappa shape index (κ2) is 22.7. The number of phenolic OH excluding ortho intramolecular Hbond substituents is 2. The first-order valence-electron chi connectivity index (χ1n) is 15.9. The molecule has 0 bridgehead atoms. The molecule has 288 valence electrons. The minimum Gasteiger partial charge on any atom is -1.00 e. The molecule has 11 nitrogen and oxygen atoms in total. The van der Waals surface area contributed by atoms with Crippen LogP contribution in [-0.4, -0.2) is 72.6 Å². The standard InChI is InChI=1S/C20H21N3O2.C11H9ClN2O.C8H12N2O.CH4.2ClH/c1-23(2)18-9-8-14(11-19(18)24)10-15-12-17(22-13-21-15)16-6-4-5-7-20(16)25-3;1-15-10-5-3-2-4-8(10)9-6-11(12)14-7-13-9;1-10(2)7-4-3-6(9)5-8(7)11;;;/h4-9,11-13,24H,10H2,1-3H3;2-7H,1H3;3-5,11H,9H2,1-2H3;1H4;2*1H/p-1. The van der Waals surface area contributed by atoms with Gasteiger partial charge in [0.15, 0.2) is 0 Å². The maximum atomic E-state index is 10.1. The molecule has 54 heavy (non-hydrogen) atoms. The van der Waals surface area contributed by atoms with E-state index in [-0.39, 0.29) is 43.7 Å². The number of halogens is 3. The van der Waals surface area contributed by atoms with E-state index in [4.69, 9.17) is 21.1 Å². The lowest BCUT2D eigenvalue weighted by Gasteiger charge is -2.15. The first-order valence-corrected chi connectivity index (χ1v) is 16.2. The van der Waals surface area contributed by atoms with Gasteiger partial charge in [-0.05, 0) is 54.1 Å². The van der Waals surface area contributed by atoms with E-state index in [1.807, 2.05) is 117 Å². The van der Waals surface area contributed by atoms with Gasteiger partial charge >= 0.3 is 0 Å². The van der Waals surface area contributed by atoms with Gasteiger partial charge in [0.2, 0.25) is 0 Å². The highest BCUT2D eigenvalue weighted by Gasteiger charge is 2.10. The van der Waals surface area contributed by atoms with Crippen LogP contribution in [-0.2, 0) is 6.42 Å². The van der Waals surface area contributed by atoms with E-state index in [0.717, 1.165) is 62.3 Å². The van der Waals surface area contributed by atoms with Crippen molar-refractivity contribution in [3.8, 4) is 45.5 Å². The van der Waals surface area contributed by atoms with E-state index in [1.165, 1.54) is 6.33 Å². The van der Waals surface area contributed by atoms with Gasteiger partial charge in [-0.2, -0.15) is 0 Å². The van der Waals surface area contributed by atoms with Crippen molar-refractivity contribution in [3.05, 3.63) is 126 Å². The van der Waals surface area contributed by atoms with Gasteiger partial charge in [-0.25, -0.2) is 19.9 Å². The van der Waals surface area contributed by atoms with Gasteiger partial charge < -0.3 is 60.0 Å². The number of aromatic nitrogens is 4. The van der Waals surface area contributed by atoms with Crippen LogP contribution in [0.2, 0.25) is 5.15 Å². The predicted octanol–water partition coefficient (Wildman–Crippen LogP) is 1.30. The molecule has 0 fully saturated rings. The number of benzene rings is 4. The molecule has 0 aliphatic heterocycles. The van der Waals surface area contributed by atoms with E-state index >= 15 is 0 Å². The van der Waals surface area contributed by atoms with Crippen LogP contribution in [0.15, 0.2) is 110 Å². The summed E-state index contributed by atoms with van der Waals surface area (Å²) in [5.74, 6) is 2.09. The monoisotopic (exact) mass is 794 g/mol. The molecule has 0 aliphatic carbocycles. The number of hydrogen-bond donors (Lipinski definition) is 3. The SMILES string of the molecule is C.CN(C)c1ccc([NH3+])cc1O.COc1ccccc1-c1cc(Cc2ccc(N(C)C)c(O)c2)ncn1.COc1ccccc1-c1cc(Cl)ncn1.[Cl-].[Cl-]. The quantitative estimate of drug-likeness (QED) is 0.193. The fourth-order valence-corrected chi connectivity index (χ4v) is 5.20. The highest BCUT2D eigenvalue weighted by atomic mass is 35.5. The largest absolute Gasteiger partial charge is 1.00 e. The number of phenols is 2. The maximum Gasteiger partial charge on any atom is 0.144 e. The Kier molecular flexibility index (Phi) is 19.6. The third-order valence-electron chi connectivity index (χ3n) is 7.55. The summed E-state index contributed by atoms with van der Waals surface area (Å²) < 4.78 is 10.6. The Balaban J connectivity index is 0.000000431. The zero-order valence-corrected chi connectivity index (χ0v) is 32.6. The normalized spacial score (nSPS) is 9.63. The molecule has 0 unspecified atom stereocenters. The van der Waals surface area contributed by atoms with Crippen molar-refractivity contribution < 1.29 is 50.2 Å². The van der Waals surface area contributed by atoms with Crippen molar-refractivity contribution in [2.75, 3.05) is 52.2 Å². The molecule has 5 N–H and O–H groups in total. The lowest BCUT2D eigenvalue weighted by molar-refractivity contribution is -0.254. The molecule has 2 aromatic heterocycles. The van der Waals surface area contributed by atoms with Crippen LogP contribution in [0.25, 0.3) is 22.5 Å². The molecule has 0 amide bonds. The van der Waals surface area contributed by atoms with E-state index in [1.54, 1.807) is 38.7 Å². The number of para-hydroxylation sites is 2. The molecule has 2 heterocycles. The fraction of sp³-hybridized carbons (Fsp3) is 0.200. The molecule has 6 aromatic rings. The third kappa shape index (κ3) is 13.0. The Morgan fingerprint density at radius 2 is 1.11 bits per heavy atom. The second-order valence-corrected chi connectivity index (χ2v) is 12.0. The Morgan fingerprint density at radius 3 is 1.59 bits per heavy atom. The summed E-state index contributed by atoms with van der Waals surface area (Å²) in [6.07, 6.45) is 3.61. The zero-order chi connectivity index (χ0) is 36.9. The van der Waals surface area contributed by atoms with Crippen LogP contribution in [0.3, 0.4) is 0 Å². The molecule has 0 saturated heterocycles. The van der Waals surface area contributed by atoms with Crippen molar-refractivity contribution in [2.45, 2.75) is 13.8 Å². The van der Waals surface area contributed by atoms with Crippen LogP contribution in [0.4, 0.5) is 17.1 Å². The van der Waals surface area contributed by atoms with Crippen molar-refractivity contribution in [1.82, 2.24) is 19.9 Å². The van der Waals surface area contributed by atoms with Gasteiger partial charge in [-0.1, -0.05) is 49.4 Å². The number of hydrogen-bond acceptors (Lipinski definition) is 10. The lowest BCUT2D eigenvalue weighted by atomic mass is 10.1.